The molecule has 22 heavy (non-hydrogen) atoms. The van der Waals surface area contributed by atoms with Crippen LogP contribution in [0.2, 0.25) is 0 Å². The van der Waals surface area contributed by atoms with E-state index in [1.807, 2.05) is 0 Å². The van der Waals surface area contributed by atoms with Crippen LogP contribution in [-0.2, 0) is 9.53 Å². The molecule has 7 heteroatoms. The fourth-order valence-electron chi connectivity index (χ4n) is 1.59. The van der Waals surface area contributed by atoms with Gasteiger partial charge in [0.15, 0.2) is 0 Å². The van der Waals surface area contributed by atoms with E-state index in [9.17, 15) is 14.7 Å². The molecule has 0 aliphatic heterocycles. The molecule has 2 unspecified atom stereocenters. The first-order valence-corrected chi connectivity index (χ1v) is 6.68. The second-order valence-corrected chi connectivity index (χ2v) is 4.40. The Morgan fingerprint density at radius 3 is 2.50 bits per heavy atom. The van der Waals surface area contributed by atoms with E-state index in [0.29, 0.717) is 5.75 Å². The molecule has 0 spiro atoms. The highest BCUT2D eigenvalue weighted by Crippen LogP contribution is 2.15. The number of rotatable bonds is 8. The molecule has 0 bridgehead atoms. The third-order valence-corrected chi connectivity index (χ3v) is 2.65. The van der Waals surface area contributed by atoms with Gasteiger partial charge in [-0.15, -0.1) is 0 Å². The summed E-state index contributed by atoms with van der Waals surface area (Å²) < 4.78 is 10.2. The van der Waals surface area contributed by atoms with Gasteiger partial charge in [-0.3, -0.25) is 5.32 Å². The monoisotopic (exact) mass is 309 g/mol. The Hall–Kier alpha value is -2.54. The van der Waals surface area contributed by atoms with Gasteiger partial charge in [0, 0.05) is 12.0 Å². The molecule has 0 aliphatic carbocycles. The van der Waals surface area contributed by atoms with Crippen molar-refractivity contribution in [3.8, 4) is 5.75 Å². The minimum Gasteiger partial charge on any atom is -0.478 e. The number of hydrogen-bond donors (Lipinski definition) is 3. The van der Waals surface area contributed by atoms with Crippen LogP contribution in [0, 0.1) is 0 Å². The summed E-state index contributed by atoms with van der Waals surface area (Å²) >= 11 is 0. The van der Waals surface area contributed by atoms with Crippen molar-refractivity contribution >= 4 is 12.1 Å². The minimum absolute atomic E-state index is 0.155. The number of carboxylic acid groups (broad SMARTS) is 1. The van der Waals surface area contributed by atoms with Gasteiger partial charge in [0.05, 0.1) is 6.61 Å². The maximum atomic E-state index is 11.5. The number of carbonyl (C=O) groups excluding carboxylic acids is 1. The molecule has 0 fully saturated rings. The standard InChI is InChI=1S/C15H19NO6/c1-3-21-15(20)16-13(12(17)9-10(2)14(18)19)22-11-7-5-4-6-8-11/h4-8,12-13,17H,2-3,9H2,1H3,(H,16,20)(H,18,19). The number of hydrogen-bond acceptors (Lipinski definition) is 5. The topological polar surface area (TPSA) is 105 Å². The average Bonchev–Trinajstić information content (AvgIpc) is 2.47. The van der Waals surface area contributed by atoms with E-state index in [1.54, 1.807) is 37.3 Å². The highest BCUT2D eigenvalue weighted by molar-refractivity contribution is 5.85. The lowest BCUT2D eigenvalue weighted by molar-refractivity contribution is -0.133. The molecule has 0 aliphatic rings. The molecule has 1 aromatic carbocycles. The minimum atomic E-state index is -1.30. The number of carbonyl (C=O) groups is 2. The Morgan fingerprint density at radius 2 is 1.95 bits per heavy atom. The summed E-state index contributed by atoms with van der Waals surface area (Å²) in [6.07, 6.45) is -3.51. The molecule has 0 aromatic heterocycles. The van der Waals surface area contributed by atoms with Gasteiger partial charge < -0.3 is 19.7 Å². The summed E-state index contributed by atoms with van der Waals surface area (Å²) in [5.74, 6) is -0.821. The molecule has 120 valence electrons. The third-order valence-electron chi connectivity index (χ3n) is 2.65. The number of aliphatic hydroxyl groups is 1. The van der Waals surface area contributed by atoms with E-state index in [2.05, 4.69) is 11.9 Å². The second-order valence-electron chi connectivity index (χ2n) is 4.40. The average molecular weight is 309 g/mol. The van der Waals surface area contributed by atoms with Crippen molar-refractivity contribution in [2.75, 3.05) is 6.61 Å². The Morgan fingerprint density at radius 1 is 1.32 bits per heavy atom. The SMILES string of the molecule is C=C(CC(O)C(NC(=O)OCC)Oc1ccccc1)C(=O)O. The molecule has 7 nitrogen and oxygen atoms in total. The highest BCUT2D eigenvalue weighted by atomic mass is 16.6. The Kier molecular flexibility index (Phi) is 6.91. The van der Waals surface area contributed by atoms with Crippen molar-refractivity contribution < 1.29 is 29.3 Å². The van der Waals surface area contributed by atoms with E-state index in [0.717, 1.165) is 0 Å². The van der Waals surface area contributed by atoms with Crippen LogP contribution in [0.15, 0.2) is 42.5 Å². The molecular formula is C15H19NO6. The summed E-state index contributed by atoms with van der Waals surface area (Å²) in [7, 11) is 0. The summed E-state index contributed by atoms with van der Waals surface area (Å²) in [6.45, 7) is 5.13. The number of benzene rings is 1. The number of aliphatic hydroxyl groups excluding tert-OH is 1. The lowest BCUT2D eigenvalue weighted by Gasteiger charge is -2.24. The zero-order valence-corrected chi connectivity index (χ0v) is 12.2. The molecule has 0 heterocycles. The number of carboxylic acids is 1. The zero-order valence-electron chi connectivity index (χ0n) is 12.2. The predicted octanol–water partition coefficient (Wildman–Crippen LogP) is 1.53. The number of alkyl carbamates (subject to hydrolysis) is 1. The van der Waals surface area contributed by atoms with Crippen LogP contribution >= 0.6 is 0 Å². The molecular weight excluding hydrogens is 290 g/mol. The fraction of sp³-hybridized carbons (Fsp3) is 0.333. The van der Waals surface area contributed by atoms with Crippen molar-refractivity contribution in [3.05, 3.63) is 42.5 Å². The fourth-order valence-corrected chi connectivity index (χ4v) is 1.59. The molecule has 2 atom stereocenters. The van der Waals surface area contributed by atoms with E-state index in [-0.39, 0.29) is 18.6 Å². The summed E-state index contributed by atoms with van der Waals surface area (Å²) in [5.41, 5.74) is -0.195. The van der Waals surface area contributed by atoms with Crippen LogP contribution in [0.5, 0.6) is 5.75 Å². The van der Waals surface area contributed by atoms with Crippen LogP contribution in [0.3, 0.4) is 0 Å². The molecule has 0 saturated heterocycles. The normalized spacial score (nSPS) is 12.8. The van der Waals surface area contributed by atoms with Crippen molar-refractivity contribution in [1.29, 1.82) is 0 Å². The van der Waals surface area contributed by atoms with Gasteiger partial charge in [-0.05, 0) is 19.1 Å². The largest absolute Gasteiger partial charge is 0.478 e. The maximum absolute atomic E-state index is 11.5. The maximum Gasteiger partial charge on any atom is 0.410 e. The lowest BCUT2D eigenvalue weighted by Crippen LogP contribution is -2.47. The first-order chi connectivity index (χ1) is 10.4. The molecule has 1 aromatic rings. The smallest absolute Gasteiger partial charge is 0.410 e. The number of para-hydroxylation sites is 1. The second kappa shape index (κ2) is 8.68. The Labute approximate surface area is 128 Å². The van der Waals surface area contributed by atoms with Gasteiger partial charge in [-0.1, -0.05) is 24.8 Å². The Balaban J connectivity index is 2.78. The van der Waals surface area contributed by atoms with E-state index in [4.69, 9.17) is 14.6 Å². The predicted molar refractivity (Wildman–Crippen MR) is 78.4 cm³/mol. The number of amides is 1. The van der Waals surface area contributed by atoms with Crippen LogP contribution in [-0.4, -0.2) is 41.2 Å². The lowest BCUT2D eigenvalue weighted by atomic mass is 10.1. The van der Waals surface area contributed by atoms with Crippen LogP contribution in [0.25, 0.3) is 0 Å². The molecule has 1 rings (SSSR count). The highest BCUT2D eigenvalue weighted by Gasteiger charge is 2.26. The van der Waals surface area contributed by atoms with Gasteiger partial charge in [-0.2, -0.15) is 0 Å². The molecule has 0 saturated carbocycles. The van der Waals surface area contributed by atoms with Crippen molar-refractivity contribution in [3.63, 3.8) is 0 Å². The number of aliphatic carboxylic acids is 1. The first-order valence-electron chi connectivity index (χ1n) is 6.68. The summed E-state index contributed by atoms with van der Waals surface area (Å²) in [6, 6.07) is 8.50. The first kappa shape index (κ1) is 17.5. The van der Waals surface area contributed by atoms with Gasteiger partial charge in [-0.25, -0.2) is 9.59 Å². The van der Waals surface area contributed by atoms with Crippen LogP contribution in [0.1, 0.15) is 13.3 Å². The number of nitrogens with one attached hydrogen (secondary N) is 1. The zero-order chi connectivity index (χ0) is 16.5. The van der Waals surface area contributed by atoms with Crippen molar-refractivity contribution in [1.82, 2.24) is 5.32 Å². The van der Waals surface area contributed by atoms with Crippen molar-refractivity contribution in [2.45, 2.75) is 25.7 Å². The number of ether oxygens (including phenoxy) is 2. The van der Waals surface area contributed by atoms with Gasteiger partial charge in [0.1, 0.15) is 11.9 Å². The van der Waals surface area contributed by atoms with E-state index >= 15 is 0 Å². The van der Waals surface area contributed by atoms with Gasteiger partial charge >= 0.3 is 12.1 Å². The molecule has 1 amide bonds. The van der Waals surface area contributed by atoms with E-state index < -0.39 is 24.4 Å². The summed E-state index contributed by atoms with van der Waals surface area (Å²) in [5, 5.41) is 21.2. The quantitative estimate of drug-likeness (QED) is 0.497. The van der Waals surface area contributed by atoms with Crippen LogP contribution < -0.4 is 10.1 Å². The molecule has 0 radical (unpaired) electrons. The van der Waals surface area contributed by atoms with Gasteiger partial charge in [0.25, 0.3) is 0 Å². The van der Waals surface area contributed by atoms with Crippen LogP contribution in [0.4, 0.5) is 4.79 Å². The van der Waals surface area contributed by atoms with Crippen molar-refractivity contribution in [2.24, 2.45) is 0 Å². The molecule has 3 N–H and O–H groups in total. The Bertz CT molecular complexity index is 516. The van der Waals surface area contributed by atoms with E-state index in [1.165, 1.54) is 0 Å². The summed E-state index contributed by atoms with van der Waals surface area (Å²) in [4.78, 5) is 22.3. The van der Waals surface area contributed by atoms with Gasteiger partial charge in [0.2, 0.25) is 6.23 Å². The third kappa shape index (κ3) is 5.84.